The first-order valence-electron chi connectivity index (χ1n) is 2.89. The van der Waals surface area contributed by atoms with Crippen LogP contribution in [0.4, 0.5) is 0 Å². The zero-order valence-corrected chi connectivity index (χ0v) is 5.96. The summed E-state index contributed by atoms with van der Waals surface area (Å²) in [7, 11) is 0. The molecule has 0 radical (unpaired) electrons. The monoisotopic (exact) mass is 146 g/mol. The van der Waals surface area contributed by atoms with Gasteiger partial charge in [0.2, 0.25) is 0 Å². The third-order valence-electron chi connectivity index (χ3n) is 1.62. The molecule has 0 spiro atoms. The second-order valence-corrected chi connectivity index (χ2v) is 2.25. The molecule has 0 saturated heterocycles. The SMILES string of the molecule is CCC(C)(C(N)=O)[N+](=O)[O-]. The highest BCUT2D eigenvalue weighted by molar-refractivity contribution is 5.82. The van der Waals surface area contributed by atoms with Crippen LogP contribution in [0.1, 0.15) is 20.3 Å². The molecule has 0 fully saturated rings. The van der Waals surface area contributed by atoms with E-state index < -0.39 is 16.4 Å². The van der Waals surface area contributed by atoms with Gasteiger partial charge in [0.05, 0.1) is 0 Å². The molecule has 10 heavy (non-hydrogen) atoms. The number of amides is 1. The summed E-state index contributed by atoms with van der Waals surface area (Å²) in [6, 6.07) is 0. The first-order valence-corrected chi connectivity index (χ1v) is 2.89. The van der Waals surface area contributed by atoms with Gasteiger partial charge in [0.1, 0.15) is 0 Å². The first kappa shape index (κ1) is 8.87. The van der Waals surface area contributed by atoms with Crippen molar-refractivity contribution in [2.24, 2.45) is 5.73 Å². The molecule has 1 atom stereocenters. The Morgan fingerprint density at radius 1 is 1.80 bits per heavy atom. The lowest BCUT2D eigenvalue weighted by Gasteiger charge is -2.13. The van der Waals surface area contributed by atoms with Crippen molar-refractivity contribution in [2.75, 3.05) is 0 Å². The zero-order chi connectivity index (χ0) is 8.36. The number of carbonyl (C=O) groups is 1. The summed E-state index contributed by atoms with van der Waals surface area (Å²) in [5.74, 6) is -0.889. The fourth-order valence-corrected chi connectivity index (χ4v) is 0.393. The van der Waals surface area contributed by atoms with Crippen LogP contribution in [0.15, 0.2) is 0 Å². The molecule has 0 aromatic rings. The highest BCUT2D eigenvalue weighted by Crippen LogP contribution is 2.11. The van der Waals surface area contributed by atoms with Crippen molar-refractivity contribution >= 4 is 5.91 Å². The molecule has 0 rings (SSSR count). The Balaban J connectivity index is 4.55. The highest BCUT2D eigenvalue weighted by Gasteiger charge is 2.41. The summed E-state index contributed by atoms with van der Waals surface area (Å²) < 4.78 is 0. The lowest BCUT2D eigenvalue weighted by atomic mass is 10.00. The van der Waals surface area contributed by atoms with Crippen molar-refractivity contribution in [3.63, 3.8) is 0 Å². The van der Waals surface area contributed by atoms with Crippen LogP contribution in [-0.4, -0.2) is 16.4 Å². The Morgan fingerprint density at radius 2 is 2.20 bits per heavy atom. The van der Waals surface area contributed by atoms with E-state index in [1.165, 1.54) is 6.92 Å². The van der Waals surface area contributed by atoms with Crippen LogP contribution in [0, 0.1) is 10.1 Å². The van der Waals surface area contributed by atoms with Crippen molar-refractivity contribution < 1.29 is 9.72 Å². The predicted octanol–water partition coefficient (Wildman–Crippen LogP) is -0.0829. The van der Waals surface area contributed by atoms with Crippen LogP contribution < -0.4 is 5.73 Å². The van der Waals surface area contributed by atoms with Crippen LogP contribution >= 0.6 is 0 Å². The summed E-state index contributed by atoms with van der Waals surface area (Å²) in [4.78, 5) is 20.0. The van der Waals surface area contributed by atoms with E-state index in [1.807, 2.05) is 0 Å². The summed E-state index contributed by atoms with van der Waals surface area (Å²) >= 11 is 0. The van der Waals surface area contributed by atoms with E-state index in [2.05, 4.69) is 0 Å². The Kier molecular flexibility index (Phi) is 2.34. The lowest BCUT2D eigenvalue weighted by Crippen LogP contribution is -2.47. The van der Waals surface area contributed by atoms with Crippen molar-refractivity contribution in [2.45, 2.75) is 25.8 Å². The Hall–Kier alpha value is -1.13. The van der Waals surface area contributed by atoms with Gasteiger partial charge in [0, 0.05) is 18.3 Å². The van der Waals surface area contributed by atoms with Gasteiger partial charge in [0.15, 0.2) is 0 Å². The maximum Gasteiger partial charge on any atom is 0.295 e. The van der Waals surface area contributed by atoms with Crippen molar-refractivity contribution in [3.05, 3.63) is 10.1 Å². The molecule has 58 valence electrons. The van der Waals surface area contributed by atoms with E-state index in [1.54, 1.807) is 6.92 Å². The van der Waals surface area contributed by atoms with Gasteiger partial charge in [-0.2, -0.15) is 0 Å². The largest absolute Gasteiger partial charge is 0.363 e. The minimum atomic E-state index is -1.60. The van der Waals surface area contributed by atoms with Gasteiger partial charge < -0.3 is 5.73 Å². The molecule has 0 bridgehead atoms. The van der Waals surface area contributed by atoms with E-state index in [9.17, 15) is 14.9 Å². The van der Waals surface area contributed by atoms with Gasteiger partial charge in [-0.1, -0.05) is 6.92 Å². The van der Waals surface area contributed by atoms with E-state index in [4.69, 9.17) is 5.73 Å². The van der Waals surface area contributed by atoms with Gasteiger partial charge in [-0.25, -0.2) is 0 Å². The Bertz CT molecular complexity index is 152. The lowest BCUT2D eigenvalue weighted by molar-refractivity contribution is -0.547. The first-order chi connectivity index (χ1) is 4.45. The molecular formula is C5H10N2O3. The topological polar surface area (TPSA) is 86.2 Å². The maximum atomic E-state index is 10.5. The number of carbonyl (C=O) groups excluding carboxylic acids is 1. The number of rotatable bonds is 3. The molecule has 0 aromatic carbocycles. The molecule has 0 aliphatic rings. The number of hydrogen-bond donors (Lipinski definition) is 1. The second kappa shape index (κ2) is 2.64. The van der Waals surface area contributed by atoms with Crippen LogP contribution in [0.25, 0.3) is 0 Å². The molecule has 2 N–H and O–H groups in total. The van der Waals surface area contributed by atoms with Gasteiger partial charge >= 0.3 is 0 Å². The number of nitro groups is 1. The fraction of sp³-hybridized carbons (Fsp3) is 0.800. The average Bonchev–Trinajstić information content (AvgIpc) is 1.85. The molecule has 5 nitrogen and oxygen atoms in total. The molecule has 0 aliphatic heterocycles. The van der Waals surface area contributed by atoms with E-state index in [-0.39, 0.29) is 6.42 Å². The average molecular weight is 146 g/mol. The Morgan fingerprint density at radius 3 is 2.20 bits per heavy atom. The van der Waals surface area contributed by atoms with Crippen molar-refractivity contribution in [1.29, 1.82) is 0 Å². The second-order valence-electron chi connectivity index (χ2n) is 2.25. The summed E-state index contributed by atoms with van der Waals surface area (Å²) in [5.41, 5.74) is 3.20. The number of nitrogens with two attached hydrogens (primary N) is 1. The van der Waals surface area contributed by atoms with E-state index in [0.717, 1.165) is 0 Å². The summed E-state index contributed by atoms with van der Waals surface area (Å²) in [6.07, 6.45) is 0.120. The molecule has 0 aromatic heterocycles. The van der Waals surface area contributed by atoms with E-state index in [0.29, 0.717) is 0 Å². The molecule has 0 heterocycles. The zero-order valence-electron chi connectivity index (χ0n) is 5.96. The molecule has 5 heteroatoms. The molecule has 1 unspecified atom stereocenters. The van der Waals surface area contributed by atoms with Gasteiger partial charge in [-0.15, -0.1) is 0 Å². The van der Waals surface area contributed by atoms with Crippen LogP contribution in [0.2, 0.25) is 0 Å². The third kappa shape index (κ3) is 1.23. The van der Waals surface area contributed by atoms with E-state index >= 15 is 0 Å². The smallest absolute Gasteiger partial charge is 0.295 e. The molecule has 1 amide bonds. The number of nitrogens with zero attached hydrogens (tertiary/aromatic N) is 1. The van der Waals surface area contributed by atoms with Crippen LogP contribution in [0.5, 0.6) is 0 Å². The van der Waals surface area contributed by atoms with Crippen molar-refractivity contribution in [3.8, 4) is 0 Å². The Labute approximate surface area is 58.4 Å². The highest BCUT2D eigenvalue weighted by atomic mass is 16.6. The number of hydrogen-bond acceptors (Lipinski definition) is 3. The van der Waals surface area contributed by atoms with Crippen LogP contribution in [0.3, 0.4) is 0 Å². The number of primary amides is 1. The van der Waals surface area contributed by atoms with Crippen LogP contribution in [-0.2, 0) is 4.79 Å². The standard InChI is InChI=1S/C5H10N2O3/c1-3-5(2,4(6)8)7(9)10/h3H2,1-2H3,(H2,6,8). The van der Waals surface area contributed by atoms with Gasteiger partial charge in [-0.3, -0.25) is 14.9 Å². The fourth-order valence-electron chi connectivity index (χ4n) is 0.393. The minimum Gasteiger partial charge on any atom is -0.363 e. The third-order valence-corrected chi connectivity index (χ3v) is 1.62. The molecular weight excluding hydrogens is 136 g/mol. The maximum absolute atomic E-state index is 10.5. The summed E-state index contributed by atoms with van der Waals surface area (Å²) in [6.45, 7) is 2.77. The van der Waals surface area contributed by atoms with Gasteiger partial charge in [0.25, 0.3) is 11.4 Å². The van der Waals surface area contributed by atoms with Crippen molar-refractivity contribution in [1.82, 2.24) is 0 Å². The molecule has 0 saturated carbocycles. The predicted molar refractivity (Wildman–Crippen MR) is 34.9 cm³/mol. The quantitative estimate of drug-likeness (QED) is 0.446. The normalized spacial score (nSPS) is 15.8. The molecule has 0 aliphatic carbocycles. The summed E-state index contributed by atoms with van der Waals surface area (Å²) in [5, 5.41) is 10.2. The minimum absolute atomic E-state index is 0.120. The van der Waals surface area contributed by atoms with Gasteiger partial charge in [-0.05, 0) is 0 Å².